The monoisotopic (exact) mass is 224 g/mol. The molecule has 0 amide bonds. The van der Waals surface area contributed by atoms with E-state index < -0.39 is 6.10 Å². The van der Waals surface area contributed by atoms with Gasteiger partial charge in [0.2, 0.25) is 0 Å². The highest BCUT2D eigenvalue weighted by Gasteiger charge is 2.08. The van der Waals surface area contributed by atoms with E-state index in [1.54, 1.807) is 19.1 Å². The topological polar surface area (TPSA) is 29.5 Å². The van der Waals surface area contributed by atoms with Crippen molar-refractivity contribution in [1.82, 2.24) is 0 Å². The normalized spacial score (nSPS) is 13.7. The molecule has 0 aliphatic heterocycles. The molecular formula is C13H17FO2. The first kappa shape index (κ1) is 12.7. The van der Waals surface area contributed by atoms with Crippen molar-refractivity contribution in [1.29, 1.82) is 0 Å². The Balaban J connectivity index is 3.13. The van der Waals surface area contributed by atoms with Gasteiger partial charge in [-0.2, -0.15) is 0 Å². The molecule has 0 aromatic heterocycles. The van der Waals surface area contributed by atoms with Gasteiger partial charge in [0.25, 0.3) is 0 Å². The number of hydrogen-bond acceptors (Lipinski definition) is 2. The summed E-state index contributed by atoms with van der Waals surface area (Å²) in [5.74, 6) is 0.261. The lowest BCUT2D eigenvalue weighted by atomic mass is 10.1. The smallest absolute Gasteiger partial charge is 0.124 e. The molecule has 0 saturated carbocycles. The number of ether oxygens (including phenoxy) is 1. The Labute approximate surface area is 95.4 Å². The third-order valence-electron chi connectivity index (χ3n) is 2.25. The van der Waals surface area contributed by atoms with Crippen LogP contribution in [-0.4, -0.2) is 11.7 Å². The number of benzene rings is 1. The third-order valence-corrected chi connectivity index (χ3v) is 2.25. The highest BCUT2D eigenvalue weighted by Crippen LogP contribution is 2.22. The van der Waals surface area contributed by atoms with Crippen LogP contribution in [0.4, 0.5) is 4.39 Å². The van der Waals surface area contributed by atoms with Crippen molar-refractivity contribution in [3.8, 4) is 0 Å². The molecule has 0 fully saturated rings. The van der Waals surface area contributed by atoms with Gasteiger partial charge >= 0.3 is 0 Å². The van der Waals surface area contributed by atoms with E-state index in [-0.39, 0.29) is 5.82 Å². The lowest BCUT2D eigenvalue weighted by Gasteiger charge is -2.11. The second-order valence-electron chi connectivity index (χ2n) is 3.54. The minimum atomic E-state index is -0.686. The predicted molar refractivity (Wildman–Crippen MR) is 62.3 cm³/mol. The second kappa shape index (κ2) is 5.66. The van der Waals surface area contributed by atoms with E-state index >= 15 is 0 Å². The van der Waals surface area contributed by atoms with Crippen LogP contribution in [-0.2, 0) is 4.74 Å². The first-order valence-electron chi connectivity index (χ1n) is 5.36. The molecule has 0 spiro atoms. The van der Waals surface area contributed by atoms with E-state index in [2.05, 4.69) is 0 Å². The fourth-order valence-corrected chi connectivity index (χ4v) is 1.48. The van der Waals surface area contributed by atoms with Crippen molar-refractivity contribution in [2.24, 2.45) is 0 Å². The molecule has 0 heterocycles. The molecule has 1 rings (SSSR count). The Kier molecular flexibility index (Phi) is 4.50. The van der Waals surface area contributed by atoms with Gasteiger partial charge in [0.1, 0.15) is 11.6 Å². The molecule has 3 heteroatoms. The molecule has 0 radical (unpaired) electrons. The summed E-state index contributed by atoms with van der Waals surface area (Å²) in [6, 6.07) is 4.46. The van der Waals surface area contributed by atoms with Crippen molar-refractivity contribution in [3.63, 3.8) is 0 Å². The zero-order chi connectivity index (χ0) is 12.1. The van der Waals surface area contributed by atoms with Gasteiger partial charge in [-0.25, -0.2) is 4.39 Å². The van der Waals surface area contributed by atoms with Gasteiger partial charge in [-0.15, -0.1) is 0 Å². The molecule has 0 saturated heterocycles. The lowest BCUT2D eigenvalue weighted by Crippen LogP contribution is -1.97. The fourth-order valence-electron chi connectivity index (χ4n) is 1.48. The number of hydrogen-bond donors (Lipinski definition) is 1. The lowest BCUT2D eigenvalue weighted by molar-refractivity contribution is 0.198. The molecule has 2 nitrogen and oxygen atoms in total. The summed E-state index contributed by atoms with van der Waals surface area (Å²) in [7, 11) is 0. The maximum Gasteiger partial charge on any atom is 0.124 e. The Hall–Kier alpha value is -1.35. The summed E-state index contributed by atoms with van der Waals surface area (Å²) in [5.41, 5.74) is 1.20. The van der Waals surface area contributed by atoms with Gasteiger partial charge in [0.05, 0.1) is 12.7 Å². The summed E-state index contributed by atoms with van der Waals surface area (Å²) in [5, 5.41) is 9.43. The standard InChI is InChI=1S/C13H17FO2/c1-4-13(16-5-2)11-6-10(9(3)15)7-12(14)8-11/h4,6-9,15H,5H2,1-3H3. The fraction of sp³-hybridized carbons (Fsp3) is 0.385. The summed E-state index contributed by atoms with van der Waals surface area (Å²) >= 11 is 0. The highest BCUT2D eigenvalue weighted by molar-refractivity contribution is 5.60. The predicted octanol–water partition coefficient (Wildman–Crippen LogP) is 3.28. The average molecular weight is 224 g/mol. The average Bonchev–Trinajstić information content (AvgIpc) is 2.24. The van der Waals surface area contributed by atoms with Crippen molar-refractivity contribution < 1.29 is 14.2 Å². The molecule has 1 aromatic carbocycles. The molecular weight excluding hydrogens is 207 g/mol. The van der Waals surface area contributed by atoms with E-state index in [0.29, 0.717) is 23.5 Å². The summed E-state index contributed by atoms with van der Waals surface area (Å²) in [4.78, 5) is 0. The van der Waals surface area contributed by atoms with Crippen LogP contribution in [0, 0.1) is 5.82 Å². The minimum absolute atomic E-state index is 0.368. The first-order chi connectivity index (χ1) is 7.58. The van der Waals surface area contributed by atoms with Crippen molar-refractivity contribution in [3.05, 3.63) is 41.2 Å². The van der Waals surface area contributed by atoms with Crippen molar-refractivity contribution in [2.45, 2.75) is 26.9 Å². The van der Waals surface area contributed by atoms with Crippen molar-refractivity contribution >= 4 is 5.76 Å². The van der Waals surface area contributed by atoms with E-state index in [1.165, 1.54) is 12.1 Å². The van der Waals surface area contributed by atoms with Crippen LogP contribution in [0.1, 0.15) is 38.0 Å². The van der Waals surface area contributed by atoms with E-state index in [0.717, 1.165) is 0 Å². The van der Waals surface area contributed by atoms with E-state index in [4.69, 9.17) is 4.74 Å². The van der Waals surface area contributed by atoms with Crippen LogP contribution in [0.15, 0.2) is 24.3 Å². The summed E-state index contributed by atoms with van der Waals surface area (Å²) < 4.78 is 18.7. The van der Waals surface area contributed by atoms with Gasteiger partial charge in [-0.1, -0.05) is 0 Å². The molecule has 0 bridgehead atoms. The molecule has 1 aromatic rings. The quantitative estimate of drug-likeness (QED) is 0.795. The van der Waals surface area contributed by atoms with Gasteiger partial charge in [-0.05, 0) is 50.6 Å². The number of allylic oxidation sites excluding steroid dienone is 1. The second-order valence-corrected chi connectivity index (χ2v) is 3.54. The Bertz CT molecular complexity index is 384. The molecule has 0 aliphatic rings. The van der Waals surface area contributed by atoms with Crippen LogP contribution < -0.4 is 0 Å². The van der Waals surface area contributed by atoms with Gasteiger partial charge in [0, 0.05) is 5.56 Å². The highest BCUT2D eigenvalue weighted by atomic mass is 19.1. The SMILES string of the molecule is CC=C(OCC)c1cc(F)cc(C(C)O)c1. The molecule has 0 aliphatic carbocycles. The first-order valence-corrected chi connectivity index (χ1v) is 5.36. The maximum absolute atomic E-state index is 13.3. The largest absolute Gasteiger partial charge is 0.494 e. The molecule has 1 N–H and O–H groups in total. The number of halogens is 1. The Morgan fingerprint density at radius 1 is 1.50 bits per heavy atom. The van der Waals surface area contributed by atoms with Gasteiger partial charge in [0.15, 0.2) is 0 Å². The van der Waals surface area contributed by atoms with Crippen molar-refractivity contribution in [2.75, 3.05) is 6.61 Å². The molecule has 1 atom stereocenters. The van der Waals surface area contributed by atoms with Crippen LogP contribution in [0.5, 0.6) is 0 Å². The third kappa shape index (κ3) is 3.07. The molecule has 16 heavy (non-hydrogen) atoms. The Morgan fingerprint density at radius 2 is 2.19 bits per heavy atom. The number of aliphatic hydroxyl groups excluding tert-OH is 1. The zero-order valence-electron chi connectivity index (χ0n) is 9.83. The number of aliphatic hydroxyl groups is 1. The van der Waals surface area contributed by atoms with Crippen LogP contribution in [0.25, 0.3) is 5.76 Å². The van der Waals surface area contributed by atoms with Gasteiger partial charge < -0.3 is 9.84 Å². The maximum atomic E-state index is 13.3. The molecule has 88 valence electrons. The Morgan fingerprint density at radius 3 is 2.69 bits per heavy atom. The van der Waals surface area contributed by atoms with Gasteiger partial charge in [-0.3, -0.25) is 0 Å². The number of rotatable bonds is 4. The summed E-state index contributed by atoms with van der Waals surface area (Å²) in [6.07, 6.45) is 1.10. The van der Waals surface area contributed by atoms with E-state index in [1.807, 2.05) is 13.8 Å². The zero-order valence-corrected chi connectivity index (χ0v) is 9.83. The molecule has 1 unspecified atom stereocenters. The summed E-state index contributed by atoms with van der Waals surface area (Å²) in [6.45, 7) is 5.84. The van der Waals surface area contributed by atoms with E-state index in [9.17, 15) is 9.50 Å². The van der Waals surface area contributed by atoms with Crippen LogP contribution >= 0.6 is 0 Å². The minimum Gasteiger partial charge on any atom is -0.494 e. The van der Waals surface area contributed by atoms with Crippen LogP contribution in [0.3, 0.4) is 0 Å². The van der Waals surface area contributed by atoms with Crippen LogP contribution in [0.2, 0.25) is 0 Å².